The highest BCUT2D eigenvalue weighted by atomic mass is 35.5. The predicted molar refractivity (Wildman–Crippen MR) is 119 cm³/mol. The van der Waals surface area contributed by atoms with E-state index in [-0.39, 0.29) is 28.1 Å². The maximum Gasteiger partial charge on any atom is 0.329 e. The molecule has 1 heterocycles. The van der Waals surface area contributed by atoms with E-state index in [1.54, 1.807) is 18.2 Å². The molecule has 2 aromatic rings. The van der Waals surface area contributed by atoms with Crippen molar-refractivity contribution in [2.45, 2.75) is 6.92 Å². The number of ether oxygens (including phenoxy) is 1. The summed E-state index contributed by atoms with van der Waals surface area (Å²) in [4.78, 5) is 37.9. The van der Waals surface area contributed by atoms with Crippen molar-refractivity contribution in [3.8, 4) is 18.1 Å². The molecule has 1 aliphatic heterocycles. The van der Waals surface area contributed by atoms with E-state index in [0.29, 0.717) is 11.3 Å². The van der Waals surface area contributed by atoms with Gasteiger partial charge in [0.1, 0.15) is 18.8 Å². The molecule has 3 rings (SSSR count). The number of terminal acetylenes is 1. The van der Waals surface area contributed by atoms with Gasteiger partial charge in [-0.25, -0.2) is 9.69 Å². The SMILES string of the molecule is C#CCOc1c(Cl)cc(/C=C2/NC(=O)N(CC(=O)Nc3cccc(C)c3)C2=O)cc1Cl. The molecule has 0 atom stereocenters. The van der Waals surface area contributed by atoms with Gasteiger partial charge in [-0.2, -0.15) is 0 Å². The Morgan fingerprint density at radius 2 is 1.97 bits per heavy atom. The average Bonchev–Trinajstić information content (AvgIpc) is 2.95. The van der Waals surface area contributed by atoms with Crippen LogP contribution in [0.15, 0.2) is 42.1 Å². The number of carbonyl (C=O) groups is 3. The number of nitrogens with zero attached hydrogens (tertiary/aromatic N) is 1. The Morgan fingerprint density at radius 1 is 1.26 bits per heavy atom. The largest absolute Gasteiger partial charge is 0.478 e. The molecule has 1 saturated heterocycles. The van der Waals surface area contributed by atoms with E-state index in [0.717, 1.165) is 10.5 Å². The van der Waals surface area contributed by atoms with Crippen LogP contribution >= 0.6 is 23.2 Å². The molecule has 0 bridgehead atoms. The van der Waals surface area contributed by atoms with Gasteiger partial charge in [0.15, 0.2) is 5.75 Å². The molecule has 0 aliphatic carbocycles. The fourth-order valence-electron chi connectivity index (χ4n) is 2.86. The zero-order valence-electron chi connectivity index (χ0n) is 16.4. The standard InChI is InChI=1S/C22H17Cl2N3O4/c1-3-7-31-20-16(23)9-14(10-17(20)24)11-18-21(29)27(22(30)26-18)12-19(28)25-15-6-4-5-13(2)8-15/h1,4-6,8-11H,7,12H2,2H3,(H,25,28)(H,26,30)/b18-11+. The van der Waals surface area contributed by atoms with Crippen LogP contribution in [-0.2, 0) is 9.59 Å². The van der Waals surface area contributed by atoms with E-state index in [1.807, 2.05) is 13.0 Å². The van der Waals surface area contributed by atoms with Crippen LogP contribution in [0.3, 0.4) is 0 Å². The summed E-state index contributed by atoms with van der Waals surface area (Å²) in [5.74, 6) is 1.38. The minimum atomic E-state index is -0.707. The third-order valence-electron chi connectivity index (χ3n) is 4.20. The normalized spacial score (nSPS) is 14.4. The van der Waals surface area contributed by atoms with Gasteiger partial charge in [-0.05, 0) is 48.4 Å². The topological polar surface area (TPSA) is 87.7 Å². The molecule has 158 valence electrons. The van der Waals surface area contributed by atoms with Gasteiger partial charge in [0.25, 0.3) is 5.91 Å². The monoisotopic (exact) mass is 457 g/mol. The molecule has 9 heteroatoms. The van der Waals surface area contributed by atoms with Gasteiger partial charge >= 0.3 is 6.03 Å². The molecule has 2 aromatic carbocycles. The number of halogens is 2. The fourth-order valence-corrected chi connectivity index (χ4v) is 3.48. The number of carbonyl (C=O) groups excluding carboxylic acids is 3. The molecule has 0 radical (unpaired) electrons. The van der Waals surface area contributed by atoms with Crippen molar-refractivity contribution in [1.29, 1.82) is 0 Å². The number of anilines is 1. The zero-order chi connectivity index (χ0) is 22.5. The van der Waals surface area contributed by atoms with Gasteiger partial charge in [0.05, 0.1) is 10.0 Å². The highest BCUT2D eigenvalue weighted by Gasteiger charge is 2.35. The number of rotatable bonds is 6. The number of hydrogen-bond acceptors (Lipinski definition) is 4. The Hall–Kier alpha value is -3.47. The molecule has 1 fully saturated rings. The van der Waals surface area contributed by atoms with Crippen molar-refractivity contribution < 1.29 is 19.1 Å². The smallest absolute Gasteiger partial charge is 0.329 e. The lowest BCUT2D eigenvalue weighted by atomic mass is 10.1. The van der Waals surface area contributed by atoms with E-state index in [4.69, 9.17) is 34.4 Å². The molecule has 0 unspecified atom stereocenters. The second kappa shape index (κ2) is 9.56. The third kappa shape index (κ3) is 5.37. The van der Waals surface area contributed by atoms with Gasteiger partial charge < -0.3 is 15.4 Å². The summed E-state index contributed by atoms with van der Waals surface area (Å²) in [6.45, 7) is 1.45. The predicted octanol–water partition coefficient (Wildman–Crippen LogP) is 3.85. The molecule has 31 heavy (non-hydrogen) atoms. The van der Waals surface area contributed by atoms with Crippen LogP contribution in [0.4, 0.5) is 10.5 Å². The fraction of sp³-hybridized carbons (Fsp3) is 0.136. The minimum Gasteiger partial charge on any atom is -0.478 e. The van der Waals surface area contributed by atoms with Crippen LogP contribution in [-0.4, -0.2) is 35.9 Å². The van der Waals surface area contributed by atoms with Gasteiger partial charge in [0, 0.05) is 5.69 Å². The van der Waals surface area contributed by atoms with Crippen molar-refractivity contribution in [2.75, 3.05) is 18.5 Å². The van der Waals surface area contributed by atoms with Crippen LogP contribution < -0.4 is 15.4 Å². The molecule has 0 aromatic heterocycles. The van der Waals surface area contributed by atoms with E-state index < -0.39 is 24.4 Å². The molecule has 2 N–H and O–H groups in total. The lowest BCUT2D eigenvalue weighted by Gasteiger charge is -2.12. The van der Waals surface area contributed by atoms with Crippen LogP contribution in [0.5, 0.6) is 5.75 Å². The van der Waals surface area contributed by atoms with Gasteiger partial charge in [-0.1, -0.05) is 41.3 Å². The number of amides is 4. The highest BCUT2D eigenvalue weighted by Crippen LogP contribution is 2.35. The van der Waals surface area contributed by atoms with Crippen molar-refractivity contribution in [3.05, 3.63) is 63.3 Å². The summed E-state index contributed by atoms with van der Waals surface area (Å²) in [6.07, 6.45) is 6.56. The van der Waals surface area contributed by atoms with E-state index in [9.17, 15) is 14.4 Å². The third-order valence-corrected chi connectivity index (χ3v) is 4.76. The van der Waals surface area contributed by atoms with Crippen LogP contribution in [0, 0.1) is 19.3 Å². The second-order valence-electron chi connectivity index (χ2n) is 6.60. The molecular weight excluding hydrogens is 441 g/mol. The maximum absolute atomic E-state index is 12.6. The summed E-state index contributed by atoms with van der Waals surface area (Å²) in [5, 5.41) is 5.49. The van der Waals surface area contributed by atoms with Crippen molar-refractivity contribution in [3.63, 3.8) is 0 Å². The Labute approximate surface area is 189 Å². The zero-order valence-corrected chi connectivity index (χ0v) is 17.9. The number of hydrogen-bond donors (Lipinski definition) is 2. The van der Waals surface area contributed by atoms with Gasteiger partial charge in [-0.15, -0.1) is 6.42 Å². The van der Waals surface area contributed by atoms with Crippen LogP contribution in [0.2, 0.25) is 10.0 Å². The first kappa shape index (κ1) is 22.2. The molecule has 4 amide bonds. The summed E-state index contributed by atoms with van der Waals surface area (Å²) >= 11 is 12.3. The summed E-state index contributed by atoms with van der Waals surface area (Å²) in [5.41, 5.74) is 1.98. The highest BCUT2D eigenvalue weighted by molar-refractivity contribution is 6.37. The maximum atomic E-state index is 12.6. The number of nitrogens with one attached hydrogen (secondary N) is 2. The van der Waals surface area contributed by atoms with Crippen molar-refractivity contribution in [2.24, 2.45) is 0 Å². The first-order valence-corrected chi connectivity index (χ1v) is 9.80. The number of imide groups is 1. The summed E-state index contributed by atoms with van der Waals surface area (Å²) in [6, 6.07) is 9.49. The Morgan fingerprint density at radius 3 is 2.61 bits per heavy atom. The number of benzene rings is 2. The van der Waals surface area contributed by atoms with E-state index in [2.05, 4.69) is 16.6 Å². The van der Waals surface area contributed by atoms with Crippen LogP contribution in [0.1, 0.15) is 11.1 Å². The van der Waals surface area contributed by atoms with Crippen molar-refractivity contribution >= 4 is 52.8 Å². The van der Waals surface area contributed by atoms with Crippen molar-refractivity contribution in [1.82, 2.24) is 10.2 Å². The van der Waals surface area contributed by atoms with Gasteiger partial charge in [-0.3, -0.25) is 9.59 Å². The number of aryl methyl sites for hydroxylation is 1. The molecule has 0 spiro atoms. The Kier molecular flexibility index (Phi) is 6.85. The Bertz CT molecular complexity index is 1110. The minimum absolute atomic E-state index is 0.00596. The second-order valence-corrected chi connectivity index (χ2v) is 7.42. The molecule has 0 saturated carbocycles. The molecule has 1 aliphatic rings. The molecule has 7 nitrogen and oxygen atoms in total. The number of urea groups is 1. The first-order chi connectivity index (χ1) is 14.8. The lowest BCUT2D eigenvalue weighted by Crippen LogP contribution is -2.38. The Balaban J connectivity index is 1.73. The molecular formula is C22H17Cl2N3O4. The first-order valence-electron chi connectivity index (χ1n) is 9.05. The van der Waals surface area contributed by atoms with Gasteiger partial charge in [0.2, 0.25) is 5.91 Å². The van der Waals surface area contributed by atoms with E-state index in [1.165, 1.54) is 18.2 Å². The summed E-state index contributed by atoms with van der Waals surface area (Å²) in [7, 11) is 0. The van der Waals surface area contributed by atoms with E-state index >= 15 is 0 Å². The lowest BCUT2D eigenvalue weighted by molar-refractivity contribution is -0.127. The quantitative estimate of drug-likeness (QED) is 0.391. The summed E-state index contributed by atoms with van der Waals surface area (Å²) < 4.78 is 5.29. The average molecular weight is 458 g/mol. The van der Waals surface area contributed by atoms with Crippen LogP contribution in [0.25, 0.3) is 6.08 Å².